The Hall–Kier alpha value is -1.32. The first kappa shape index (κ1) is 11.4. The van der Waals surface area contributed by atoms with Crippen LogP contribution in [0.3, 0.4) is 0 Å². The molecule has 2 bridgehead atoms. The van der Waals surface area contributed by atoms with Crippen LogP contribution in [0.1, 0.15) is 30.4 Å². The molecule has 20 heavy (non-hydrogen) atoms. The second kappa shape index (κ2) is 3.46. The van der Waals surface area contributed by atoms with Crippen molar-refractivity contribution in [3.63, 3.8) is 0 Å². The van der Waals surface area contributed by atoms with E-state index in [9.17, 15) is 5.11 Å². The standard InChI is InChI=1S/C16H15ClN2O/c17-14-13-9-1-2-12-11(7-18-19-12)10(9)6-16(13)4-3-8(5-16)15(14)20/h1-2,7-8,15,20H,3-6H2,(H,18,19)/t8-,15+,16+/m1/s1. The van der Waals surface area contributed by atoms with Crippen molar-refractivity contribution in [3.8, 4) is 0 Å². The lowest BCUT2D eigenvalue weighted by atomic mass is 9.74. The van der Waals surface area contributed by atoms with Gasteiger partial charge in [-0.2, -0.15) is 5.10 Å². The van der Waals surface area contributed by atoms with Crippen molar-refractivity contribution < 1.29 is 5.11 Å². The summed E-state index contributed by atoms with van der Waals surface area (Å²) in [7, 11) is 0. The van der Waals surface area contributed by atoms with Gasteiger partial charge in [0.2, 0.25) is 0 Å². The molecule has 5 rings (SSSR count). The second-order valence-electron chi connectivity index (χ2n) is 6.55. The quantitative estimate of drug-likeness (QED) is 0.781. The molecular weight excluding hydrogens is 272 g/mol. The molecule has 102 valence electrons. The Bertz CT molecular complexity index is 778. The number of fused-ring (bicyclic) bond motifs is 5. The number of aromatic nitrogens is 2. The van der Waals surface area contributed by atoms with Gasteiger partial charge in [0.1, 0.15) is 0 Å². The Morgan fingerprint density at radius 2 is 2.30 bits per heavy atom. The molecule has 4 heteroatoms. The van der Waals surface area contributed by atoms with Crippen LogP contribution >= 0.6 is 11.6 Å². The van der Waals surface area contributed by atoms with E-state index in [2.05, 4.69) is 22.3 Å². The van der Waals surface area contributed by atoms with Crippen molar-refractivity contribution in [2.75, 3.05) is 0 Å². The molecule has 0 unspecified atom stereocenters. The summed E-state index contributed by atoms with van der Waals surface area (Å²) < 4.78 is 0. The molecule has 0 amide bonds. The van der Waals surface area contributed by atoms with E-state index in [1.54, 1.807) is 0 Å². The molecule has 0 saturated heterocycles. The maximum Gasteiger partial charge on any atom is 0.0927 e. The smallest absolute Gasteiger partial charge is 0.0927 e. The van der Waals surface area contributed by atoms with E-state index < -0.39 is 6.10 Å². The Morgan fingerprint density at radius 1 is 1.40 bits per heavy atom. The summed E-state index contributed by atoms with van der Waals surface area (Å²) in [4.78, 5) is 0. The molecule has 2 aromatic rings. The number of H-pyrrole nitrogens is 1. The number of aliphatic hydroxyl groups is 1. The number of aromatic amines is 1. The van der Waals surface area contributed by atoms with E-state index in [1.165, 1.54) is 22.1 Å². The summed E-state index contributed by atoms with van der Waals surface area (Å²) in [6.45, 7) is 0. The van der Waals surface area contributed by atoms with Crippen molar-refractivity contribution in [3.05, 3.63) is 34.5 Å². The number of aliphatic hydroxyl groups excluding tert-OH is 1. The molecule has 0 radical (unpaired) electrons. The minimum absolute atomic E-state index is 0.175. The molecule has 2 N–H and O–H groups in total. The first-order valence-corrected chi connectivity index (χ1v) is 7.61. The van der Waals surface area contributed by atoms with E-state index in [-0.39, 0.29) is 5.41 Å². The van der Waals surface area contributed by atoms with Crippen LogP contribution in [-0.2, 0) is 6.42 Å². The Kier molecular flexibility index (Phi) is 1.97. The fourth-order valence-corrected chi connectivity index (χ4v) is 5.26. The van der Waals surface area contributed by atoms with Gasteiger partial charge in [-0.15, -0.1) is 0 Å². The van der Waals surface area contributed by atoms with Gasteiger partial charge in [-0.25, -0.2) is 0 Å². The predicted octanol–water partition coefficient (Wildman–Crippen LogP) is 3.23. The number of nitrogens with one attached hydrogen (secondary N) is 1. The summed E-state index contributed by atoms with van der Waals surface area (Å²) in [5.74, 6) is 0.348. The van der Waals surface area contributed by atoms with E-state index in [0.29, 0.717) is 11.0 Å². The molecule has 1 fully saturated rings. The highest BCUT2D eigenvalue weighted by Gasteiger charge is 2.54. The molecule has 3 atom stereocenters. The molecule has 1 heterocycles. The van der Waals surface area contributed by atoms with Crippen LogP contribution in [0.4, 0.5) is 0 Å². The Morgan fingerprint density at radius 3 is 3.20 bits per heavy atom. The second-order valence-corrected chi connectivity index (χ2v) is 6.96. The van der Waals surface area contributed by atoms with Crippen molar-refractivity contribution in [2.45, 2.75) is 31.8 Å². The van der Waals surface area contributed by atoms with E-state index in [4.69, 9.17) is 11.6 Å². The zero-order chi connectivity index (χ0) is 13.5. The molecule has 1 aromatic carbocycles. The number of nitrogens with zero attached hydrogens (tertiary/aromatic N) is 1. The van der Waals surface area contributed by atoms with Crippen LogP contribution in [0.25, 0.3) is 16.5 Å². The number of rotatable bonds is 0. The zero-order valence-corrected chi connectivity index (χ0v) is 11.7. The monoisotopic (exact) mass is 286 g/mol. The van der Waals surface area contributed by atoms with Gasteiger partial charge in [0.15, 0.2) is 0 Å². The third-order valence-corrected chi connectivity index (χ3v) is 6.05. The lowest BCUT2D eigenvalue weighted by Crippen LogP contribution is -2.29. The molecule has 1 aromatic heterocycles. The number of hydrogen-bond donors (Lipinski definition) is 2. The Labute approximate surface area is 121 Å². The maximum absolute atomic E-state index is 10.4. The summed E-state index contributed by atoms with van der Waals surface area (Å²) in [5, 5.41) is 19.5. The van der Waals surface area contributed by atoms with Gasteiger partial charge in [0.05, 0.1) is 22.8 Å². The normalized spacial score (nSPS) is 34.7. The molecule has 0 aliphatic heterocycles. The molecule has 3 aliphatic rings. The lowest BCUT2D eigenvalue weighted by molar-refractivity contribution is 0.138. The third kappa shape index (κ3) is 1.15. The summed E-state index contributed by atoms with van der Waals surface area (Å²) in [6, 6.07) is 4.22. The molecule has 3 nitrogen and oxygen atoms in total. The van der Waals surface area contributed by atoms with Gasteiger partial charge < -0.3 is 5.11 Å². The van der Waals surface area contributed by atoms with Crippen LogP contribution in [-0.4, -0.2) is 21.4 Å². The van der Waals surface area contributed by atoms with E-state index in [1.807, 2.05) is 6.20 Å². The SMILES string of the molecule is O[C@@H]1C(Cl)=C2c3ccc4[nH]ncc4c3C[C@@]23CC[C@@H]1C3. The largest absolute Gasteiger partial charge is 0.387 e. The van der Waals surface area contributed by atoms with Crippen molar-refractivity contribution in [1.29, 1.82) is 0 Å². The first-order valence-electron chi connectivity index (χ1n) is 7.23. The van der Waals surface area contributed by atoms with Crippen LogP contribution < -0.4 is 0 Å². The highest BCUT2D eigenvalue weighted by molar-refractivity contribution is 6.34. The van der Waals surface area contributed by atoms with Crippen LogP contribution in [0.2, 0.25) is 0 Å². The van der Waals surface area contributed by atoms with Crippen LogP contribution in [0.5, 0.6) is 0 Å². The zero-order valence-electron chi connectivity index (χ0n) is 11.0. The first-order chi connectivity index (χ1) is 9.70. The molecular formula is C16H15ClN2O. The van der Waals surface area contributed by atoms with Crippen LogP contribution in [0, 0.1) is 11.3 Å². The average Bonchev–Trinajstić information content (AvgIpc) is 3.11. The summed E-state index contributed by atoms with van der Waals surface area (Å²) >= 11 is 6.55. The highest BCUT2D eigenvalue weighted by atomic mass is 35.5. The number of hydrogen-bond acceptors (Lipinski definition) is 2. The molecule has 1 saturated carbocycles. The lowest BCUT2D eigenvalue weighted by Gasteiger charge is -2.33. The molecule has 3 aliphatic carbocycles. The average molecular weight is 287 g/mol. The third-order valence-electron chi connectivity index (χ3n) is 5.64. The van der Waals surface area contributed by atoms with Crippen molar-refractivity contribution >= 4 is 28.1 Å². The number of allylic oxidation sites excluding steroid dienone is 1. The topological polar surface area (TPSA) is 48.9 Å². The Balaban J connectivity index is 1.86. The summed E-state index contributed by atoms with van der Waals surface area (Å²) in [5.41, 5.74) is 5.08. The van der Waals surface area contributed by atoms with Gasteiger partial charge in [0.25, 0.3) is 0 Å². The van der Waals surface area contributed by atoms with Gasteiger partial charge in [-0.05, 0) is 54.4 Å². The van der Waals surface area contributed by atoms with E-state index >= 15 is 0 Å². The minimum atomic E-state index is -0.465. The predicted molar refractivity (Wildman–Crippen MR) is 78.4 cm³/mol. The summed E-state index contributed by atoms with van der Waals surface area (Å²) in [6.07, 6.45) is 5.81. The minimum Gasteiger partial charge on any atom is -0.387 e. The van der Waals surface area contributed by atoms with E-state index in [0.717, 1.165) is 31.2 Å². The van der Waals surface area contributed by atoms with Gasteiger partial charge in [-0.3, -0.25) is 5.10 Å². The fraction of sp³-hybridized carbons (Fsp3) is 0.438. The fourth-order valence-electron chi connectivity index (χ4n) is 4.77. The number of halogens is 1. The van der Waals surface area contributed by atoms with Gasteiger partial charge in [-0.1, -0.05) is 17.7 Å². The van der Waals surface area contributed by atoms with Crippen molar-refractivity contribution in [1.82, 2.24) is 10.2 Å². The van der Waals surface area contributed by atoms with Gasteiger partial charge in [0, 0.05) is 10.8 Å². The highest BCUT2D eigenvalue weighted by Crippen LogP contribution is 2.64. The van der Waals surface area contributed by atoms with Crippen molar-refractivity contribution in [2.24, 2.45) is 11.3 Å². The van der Waals surface area contributed by atoms with Gasteiger partial charge >= 0.3 is 0 Å². The molecule has 1 spiro atoms. The van der Waals surface area contributed by atoms with Crippen LogP contribution in [0.15, 0.2) is 23.4 Å². The maximum atomic E-state index is 10.4. The number of benzene rings is 1.